The zero-order valence-corrected chi connectivity index (χ0v) is 40.1. The Balaban J connectivity index is 0.000000119. The molecule has 70 heavy (non-hydrogen) atoms. The van der Waals surface area contributed by atoms with E-state index in [1.54, 1.807) is 49.1 Å². The predicted octanol–water partition coefficient (Wildman–Crippen LogP) is 12.1. The number of hydrogen-bond donors (Lipinski definition) is 7. The maximum atomic E-state index is 11.1. The number of aldehydes is 2. The van der Waals surface area contributed by atoms with Gasteiger partial charge in [-0.2, -0.15) is 0 Å². The second-order valence-corrected chi connectivity index (χ2v) is 17.5. The SMILES string of the molecule is Brc1ccc(-c2ccc3[nH]ccc3c2)cn1.O=Cc1c[nH]c2ccc(-c3ccc(-c4ccccc4O)nc3)cc12.O=Cc1c[nH]c2ccc(-c3ccc(Br)nc3)cc12.OB(O)c1ccc2[nH]ccc2c1. The minimum absolute atomic E-state index is 0.210. The smallest absolute Gasteiger partial charge is 0.488 e. The molecule has 12 rings (SSSR count). The van der Waals surface area contributed by atoms with E-state index < -0.39 is 7.12 Å². The van der Waals surface area contributed by atoms with Gasteiger partial charge in [-0.25, -0.2) is 9.97 Å². The third-order valence-corrected chi connectivity index (χ3v) is 12.4. The highest BCUT2D eigenvalue weighted by Gasteiger charge is 2.12. The first-order valence-electron chi connectivity index (χ1n) is 21.8. The number of hydrogen-bond acceptors (Lipinski definition) is 8. The van der Waals surface area contributed by atoms with Crippen molar-refractivity contribution >= 4 is 101 Å². The van der Waals surface area contributed by atoms with Crippen LogP contribution in [0.25, 0.3) is 88.2 Å². The quantitative estimate of drug-likeness (QED) is 0.0465. The molecular weight excluding hydrogens is 1010 g/mol. The minimum Gasteiger partial charge on any atom is -0.507 e. The summed E-state index contributed by atoms with van der Waals surface area (Å²) in [4.78, 5) is 47.3. The van der Waals surface area contributed by atoms with Crippen LogP contribution in [0.2, 0.25) is 0 Å². The van der Waals surface area contributed by atoms with Crippen molar-refractivity contribution < 1.29 is 24.7 Å². The van der Waals surface area contributed by atoms with Gasteiger partial charge < -0.3 is 35.1 Å². The third-order valence-electron chi connectivity index (χ3n) is 11.5. The van der Waals surface area contributed by atoms with E-state index in [-0.39, 0.29) is 5.75 Å². The molecule has 0 atom stereocenters. The maximum Gasteiger partial charge on any atom is 0.488 e. The Hall–Kier alpha value is -8.21. The highest BCUT2D eigenvalue weighted by molar-refractivity contribution is 9.10. The van der Waals surface area contributed by atoms with Gasteiger partial charge in [0.05, 0.1) is 5.69 Å². The Labute approximate surface area is 417 Å². The summed E-state index contributed by atoms with van der Waals surface area (Å²) in [6.45, 7) is 0. The largest absolute Gasteiger partial charge is 0.507 e. The number of fused-ring (bicyclic) bond motifs is 4. The molecule has 342 valence electrons. The average Bonchev–Trinajstić information content (AvgIpc) is 4.24. The van der Waals surface area contributed by atoms with Gasteiger partial charge in [-0.15, -0.1) is 0 Å². The van der Waals surface area contributed by atoms with Gasteiger partial charge in [0.1, 0.15) is 15.0 Å². The molecule has 0 aliphatic carbocycles. The number of para-hydroxylation sites is 1. The zero-order valence-electron chi connectivity index (χ0n) is 36.9. The first kappa shape index (κ1) is 46.9. The number of H-pyrrole nitrogens is 4. The molecule has 0 saturated carbocycles. The fourth-order valence-corrected chi connectivity index (χ4v) is 8.28. The van der Waals surface area contributed by atoms with Crippen LogP contribution in [0.15, 0.2) is 198 Å². The fraction of sp³-hybridized carbons (Fsp3) is 0. The van der Waals surface area contributed by atoms with Gasteiger partial charge in [0.2, 0.25) is 0 Å². The van der Waals surface area contributed by atoms with E-state index in [9.17, 15) is 14.7 Å². The van der Waals surface area contributed by atoms with E-state index in [0.717, 1.165) is 87.8 Å². The normalized spacial score (nSPS) is 10.7. The topological polar surface area (TPSA) is 197 Å². The van der Waals surface area contributed by atoms with Crippen molar-refractivity contribution in [3.05, 3.63) is 209 Å². The molecule has 7 heterocycles. The molecule has 12 nitrogen and oxygen atoms in total. The van der Waals surface area contributed by atoms with Crippen molar-refractivity contribution in [1.82, 2.24) is 34.9 Å². The lowest BCUT2D eigenvalue weighted by Gasteiger charge is -2.06. The van der Waals surface area contributed by atoms with Gasteiger partial charge in [0.25, 0.3) is 0 Å². The van der Waals surface area contributed by atoms with Crippen molar-refractivity contribution in [2.45, 2.75) is 0 Å². The van der Waals surface area contributed by atoms with Crippen LogP contribution in [-0.2, 0) is 0 Å². The molecule has 7 aromatic heterocycles. The predicted molar refractivity (Wildman–Crippen MR) is 286 cm³/mol. The molecule has 0 amide bonds. The van der Waals surface area contributed by atoms with Gasteiger partial charge in [0.15, 0.2) is 12.6 Å². The lowest BCUT2D eigenvalue weighted by atomic mass is 9.80. The van der Waals surface area contributed by atoms with E-state index in [0.29, 0.717) is 27.8 Å². The molecule has 0 bridgehead atoms. The summed E-state index contributed by atoms with van der Waals surface area (Å²) >= 11 is 6.65. The van der Waals surface area contributed by atoms with Gasteiger partial charge in [0, 0.05) is 110 Å². The van der Waals surface area contributed by atoms with Crippen molar-refractivity contribution in [1.29, 1.82) is 0 Å². The van der Waals surface area contributed by atoms with E-state index >= 15 is 0 Å². The number of halogens is 2. The van der Waals surface area contributed by atoms with Crippen LogP contribution in [0.4, 0.5) is 0 Å². The lowest BCUT2D eigenvalue weighted by Crippen LogP contribution is -2.29. The van der Waals surface area contributed by atoms with Crippen LogP contribution in [0.1, 0.15) is 20.7 Å². The molecule has 15 heteroatoms. The number of carbonyl (C=O) groups is 2. The monoisotopic (exact) mass is 1050 g/mol. The number of pyridine rings is 3. The summed E-state index contributed by atoms with van der Waals surface area (Å²) in [5.41, 5.74) is 13.6. The molecule has 12 aromatic rings. The van der Waals surface area contributed by atoms with Gasteiger partial charge in [-0.3, -0.25) is 14.6 Å². The van der Waals surface area contributed by atoms with E-state index in [1.165, 1.54) is 10.9 Å². The molecule has 7 N–H and O–H groups in total. The first-order valence-corrected chi connectivity index (χ1v) is 23.3. The Bertz CT molecular complexity index is 3740. The number of phenolic OH excluding ortho intramolecular Hbond substituents is 1. The second-order valence-electron chi connectivity index (χ2n) is 15.9. The number of aromatic nitrogens is 7. The summed E-state index contributed by atoms with van der Waals surface area (Å²) in [5.74, 6) is 0.210. The summed E-state index contributed by atoms with van der Waals surface area (Å²) < 4.78 is 1.67. The number of nitrogens with zero attached hydrogens (tertiary/aromatic N) is 3. The first-order chi connectivity index (χ1) is 34.1. The number of nitrogens with one attached hydrogen (secondary N) is 4. The number of aromatic hydroxyl groups is 1. The lowest BCUT2D eigenvalue weighted by molar-refractivity contribution is 0.111. The van der Waals surface area contributed by atoms with Gasteiger partial charge >= 0.3 is 7.12 Å². The summed E-state index contributed by atoms with van der Waals surface area (Å²) in [7, 11) is -1.38. The highest BCUT2D eigenvalue weighted by Crippen LogP contribution is 2.31. The van der Waals surface area contributed by atoms with Crippen molar-refractivity contribution in [2.24, 2.45) is 0 Å². The summed E-state index contributed by atoms with van der Waals surface area (Å²) in [6.07, 6.45) is 14.4. The third kappa shape index (κ3) is 10.7. The van der Waals surface area contributed by atoms with Crippen LogP contribution >= 0.6 is 31.9 Å². The van der Waals surface area contributed by atoms with Crippen LogP contribution < -0.4 is 5.46 Å². The van der Waals surface area contributed by atoms with Crippen molar-refractivity contribution in [3.63, 3.8) is 0 Å². The van der Waals surface area contributed by atoms with Crippen LogP contribution in [0.5, 0.6) is 5.75 Å². The standard InChI is InChI=1S/C20H14N2O2.C14H9BrN2O.C13H9BrN2.C8H8BNO2/c23-12-15-11-22-19-7-5-13(9-17(15)19)14-6-8-18(21-10-14)16-3-1-2-4-20(16)24;15-14-4-2-10(6-17-14)9-1-3-13-12(5-9)11(8-18)7-16-13;14-13-4-2-11(8-16-13)9-1-3-12-10(7-9)5-6-15-12;11-9(12)7-1-2-8-6(5-7)3-4-10-8/h1-12,22,24H;1-8,16H;1-8,15H;1-5,10-12H. The van der Waals surface area contributed by atoms with Crippen LogP contribution in [-0.4, -0.2) is 69.7 Å². The number of phenols is 1. The number of carbonyl (C=O) groups excluding carboxylic acids is 2. The molecule has 0 aliphatic rings. The molecule has 0 saturated heterocycles. The van der Waals surface area contributed by atoms with Crippen molar-refractivity contribution in [3.8, 4) is 50.4 Å². The Morgan fingerprint density at radius 2 is 0.943 bits per heavy atom. The van der Waals surface area contributed by atoms with E-state index in [1.807, 2.05) is 110 Å². The van der Waals surface area contributed by atoms with Gasteiger partial charge in [-0.05, 0) is 150 Å². The number of aromatic amines is 4. The molecule has 5 aromatic carbocycles. The maximum absolute atomic E-state index is 11.1. The van der Waals surface area contributed by atoms with Crippen LogP contribution in [0.3, 0.4) is 0 Å². The highest BCUT2D eigenvalue weighted by atomic mass is 79.9. The minimum atomic E-state index is -1.38. The van der Waals surface area contributed by atoms with E-state index in [2.05, 4.69) is 97.1 Å². The molecular formula is C55H40BBr2N7O5. The second kappa shape index (κ2) is 21.4. The summed E-state index contributed by atoms with van der Waals surface area (Å²) in [6, 6.07) is 46.4. The number of benzene rings is 5. The molecule has 0 fully saturated rings. The molecule has 0 radical (unpaired) electrons. The zero-order chi connectivity index (χ0) is 48.6. The van der Waals surface area contributed by atoms with Gasteiger partial charge in [-0.1, -0.05) is 60.7 Å². The Morgan fingerprint density at radius 1 is 0.471 bits per heavy atom. The Morgan fingerprint density at radius 3 is 1.43 bits per heavy atom. The fourth-order valence-electron chi connectivity index (χ4n) is 7.81. The average molecular weight is 1050 g/mol. The summed E-state index contributed by atoms with van der Waals surface area (Å²) in [5, 5.41) is 31.7. The van der Waals surface area contributed by atoms with Crippen LogP contribution in [0, 0.1) is 0 Å². The molecule has 0 aliphatic heterocycles. The molecule has 0 spiro atoms. The number of rotatable bonds is 7. The van der Waals surface area contributed by atoms with E-state index in [4.69, 9.17) is 10.0 Å². The Kier molecular flexibility index (Phi) is 14.3. The molecule has 0 unspecified atom stereocenters. The van der Waals surface area contributed by atoms with Crippen molar-refractivity contribution in [2.75, 3.05) is 0 Å².